The summed E-state index contributed by atoms with van der Waals surface area (Å²) < 4.78 is 1.95. The van der Waals surface area contributed by atoms with Crippen LogP contribution in [0.3, 0.4) is 0 Å². The van der Waals surface area contributed by atoms with Crippen LogP contribution in [-0.4, -0.2) is 19.7 Å². The Bertz CT molecular complexity index is 1240. The predicted molar refractivity (Wildman–Crippen MR) is 123 cm³/mol. The van der Waals surface area contributed by atoms with E-state index in [0.29, 0.717) is 15.8 Å². The van der Waals surface area contributed by atoms with Crippen molar-refractivity contribution in [2.24, 2.45) is 7.05 Å². The van der Waals surface area contributed by atoms with Crippen LogP contribution in [0.1, 0.15) is 16.7 Å². The minimum absolute atomic E-state index is 0.549. The second-order valence-electron chi connectivity index (χ2n) is 6.48. The molecule has 2 heterocycles. The third kappa shape index (κ3) is 4.85. The van der Waals surface area contributed by atoms with Crippen molar-refractivity contribution < 1.29 is 0 Å². The molecule has 0 bridgehead atoms. The van der Waals surface area contributed by atoms with Gasteiger partial charge in [-0.1, -0.05) is 71.1 Å². The Morgan fingerprint density at radius 1 is 0.900 bits per heavy atom. The first-order valence-electron chi connectivity index (χ1n) is 9.09. The number of thioether (sulfide) groups is 1. The Balaban J connectivity index is 1.52. The van der Waals surface area contributed by atoms with Crippen LogP contribution in [0, 0.1) is 11.8 Å². The zero-order valence-electron chi connectivity index (χ0n) is 16.0. The molecule has 4 aromatic rings. The van der Waals surface area contributed by atoms with Gasteiger partial charge in [0.2, 0.25) is 0 Å². The van der Waals surface area contributed by atoms with Crippen molar-refractivity contribution in [3.05, 3.63) is 93.7 Å². The van der Waals surface area contributed by atoms with Gasteiger partial charge in [-0.05, 0) is 35.9 Å². The standard InChI is InChI=1S/C23H16Cl2N4S/c1-29-22(27-28-23(29)30-15-18-9-10-20(24)21(25)12-18)19-11-17(13-26-14-19)8-7-16-5-3-2-4-6-16/h2-6,9-14H,15H2,1H3. The Labute approximate surface area is 189 Å². The molecule has 4 nitrogen and oxygen atoms in total. The van der Waals surface area contributed by atoms with E-state index < -0.39 is 0 Å². The molecule has 30 heavy (non-hydrogen) atoms. The summed E-state index contributed by atoms with van der Waals surface area (Å²) in [4.78, 5) is 4.32. The van der Waals surface area contributed by atoms with Gasteiger partial charge in [0.05, 0.1) is 10.0 Å². The van der Waals surface area contributed by atoms with Crippen molar-refractivity contribution in [3.8, 4) is 23.2 Å². The molecule has 0 fully saturated rings. The first kappa shape index (κ1) is 20.5. The van der Waals surface area contributed by atoms with E-state index in [9.17, 15) is 0 Å². The molecule has 0 saturated heterocycles. The monoisotopic (exact) mass is 450 g/mol. The topological polar surface area (TPSA) is 43.6 Å². The Morgan fingerprint density at radius 3 is 2.50 bits per heavy atom. The largest absolute Gasteiger partial charge is 0.305 e. The minimum atomic E-state index is 0.549. The summed E-state index contributed by atoms with van der Waals surface area (Å²) in [6.45, 7) is 0. The molecule has 0 atom stereocenters. The van der Waals surface area contributed by atoms with Crippen LogP contribution in [-0.2, 0) is 12.8 Å². The fraction of sp³-hybridized carbons (Fsp3) is 0.0870. The molecule has 2 aromatic carbocycles. The molecule has 0 N–H and O–H groups in total. The van der Waals surface area contributed by atoms with Crippen LogP contribution in [0.15, 0.2) is 72.1 Å². The normalized spacial score (nSPS) is 10.5. The molecule has 7 heteroatoms. The summed E-state index contributed by atoms with van der Waals surface area (Å²) in [7, 11) is 1.94. The Kier molecular flexibility index (Phi) is 6.39. The molecule has 0 spiro atoms. The second-order valence-corrected chi connectivity index (χ2v) is 8.24. The van der Waals surface area contributed by atoms with Crippen molar-refractivity contribution in [3.63, 3.8) is 0 Å². The fourth-order valence-corrected chi connectivity index (χ4v) is 3.94. The van der Waals surface area contributed by atoms with Gasteiger partial charge in [-0.2, -0.15) is 0 Å². The Hall–Kier alpha value is -2.78. The Morgan fingerprint density at radius 2 is 1.70 bits per heavy atom. The molecule has 2 aromatic heterocycles. The number of hydrogen-bond donors (Lipinski definition) is 0. The van der Waals surface area contributed by atoms with Crippen LogP contribution in [0.4, 0.5) is 0 Å². The van der Waals surface area contributed by atoms with Gasteiger partial charge in [0.25, 0.3) is 0 Å². The summed E-state index contributed by atoms with van der Waals surface area (Å²) in [6, 6.07) is 17.5. The number of rotatable bonds is 4. The smallest absolute Gasteiger partial charge is 0.191 e. The highest BCUT2D eigenvalue weighted by Crippen LogP contribution is 2.28. The highest BCUT2D eigenvalue weighted by atomic mass is 35.5. The molecule has 0 aliphatic heterocycles. The summed E-state index contributed by atoms with van der Waals surface area (Å²) in [5, 5.41) is 10.6. The molecule has 148 valence electrons. The van der Waals surface area contributed by atoms with Gasteiger partial charge in [0, 0.05) is 41.9 Å². The molecule has 0 radical (unpaired) electrons. The van der Waals surface area contributed by atoms with Crippen LogP contribution in [0.25, 0.3) is 11.4 Å². The molecular formula is C23H16Cl2N4S. The maximum absolute atomic E-state index is 6.10. The van der Waals surface area contributed by atoms with E-state index in [2.05, 4.69) is 27.0 Å². The second kappa shape index (κ2) is 9.36. The van der Waals surface area contributed by atoms with Crippen molar-refractivity contribution in [2.75, 3.05) is 0 Å². The van der Waals surface area contributed by atoms with E-state index in [4.69, 9.17) is 23.2 Å². The number of nitrogens with zero attached hydrogens (tertiary/aromatic N) is 4. The zero-order valence-corrected chi connectivity index (χ0v) is 18.3. The van der Waals surface area contributed by atoms with Gasteiger partial charge in [-0.3, -0.25) is 4.98 Å². The van der Waals surface area contributed by atoms with E-state index in [1.165, 1.54) is 0 Å². The van der Waals surface area contributed by atoms with E-state index in [-0.39, 0.29) is 0 Å². The lowest BCUT2D eigenvalue weighted by Gasteiger charge is -2.05. The van der Waals surface area contributed by atoms with E-state index in [1.54, 1.807) is 30.2 Å². The van der Waals surface area contributed by atoms with Gasteiger partial charge in [0.15, 0.2) is 11.0 Å². The van der Waals surface area contributed by atoms with Crippen molar-refractivity contribution in [2.45, 2.75) is 10.9 Å². The minimum Gasteiger partial charge on any atom is -0.305 e. The third-order valence-corrected chi connectivity index (χ3v) is 6.14. The van der Waals surface area contributed by atoms with Crippen LogP contribution >= 0.6 is 35.0 Å². The van der Waals surface area contributed by atoms with Crippen LogP contribution < -0.4 is 0 Å². The molecule has 0 saturated carbocycles. The first-order valence-corrected chi connectivity index (χ1v) is 10.8. The van der Waals surface area contributed by atoms with Gasteiger partial charge in [0.1, 0.15) is 0 Å². The van der Waals surface area contributed by atoms with Gasteiger partial charge >= 0.3 is 0 Å². The lowest BCUT2D eigenvalue weighted by atomic mass is 10.1. The highest BCUT2D eigenvalue weighted by Gasteiger charge is 2.12. The fourth-order valence-electron chi connectivity index (χ4n) is 2.77. The average molecular weight is 451 g/mol. The maximum atomic E-state index is 6.10. The van der Waals surface area contributed by atoms with Crippen LogP contribution in [0.5, 0.6) is 0 Å². The molecule has 0 aliphatic carbocycles. The molecule has 0 unspecified atom stereocenters. The molecule has 0 amide bonds. The van der Waals surface area contributed by atoms with Crippen molar-refractivity contribution >= 4 is 35.0 Å². The third-order valence-electron chi connectivity index (χ3n) is 4.31. The maximum Gasteiger partial charge on any atom is 0.191 e. The molecule has 4 rings (SSSR count). The first-order chi connectivity index (χ1) is 14.6. The van der Waals surface area contributed by atoms with E-state index in [0.717, 1.165) is 33.2 Å². The number of hydrogen-bond acceptors (Lipinski definition) is 4. The summed E-state index contributed by atoms with van der Waals surface area (Å²) in [6.07, 6.45) is 3.51. The number of benzene rings is 2. The van der Waals surface area contributed by atoms with Gasteiger partial charge in [-0.25, -0.2) is 0 Å². The molecule has 0 aliphatic rings. The number of halogens is 2. The molecular weight excluding hydrogens is 435 g/mol. The average Bonchev–Trinajstić information content (AvgIpc) is 3.14. The predicted octanol–water partition coefficient (Wildman–Crippen LogP) is 5.88. The van der Waals surface area contributed by atoms with Gasteiger partial charge in [-0.15, -0.1) is 10.2 Å². The van der Waals surface area contributed by atoms with Gasteiger partial charge < -0.3 is 4.57 Å². The quantitative estimate of drug-likeness (QED) is 0.287. The number of aromatic nitrogens is 4. The van der Waals surface area contributed by atoms with E-state index >= 15 is 0 Å². The highest BCUT2D eigenvalue weighted by molar-refractivity contribution is 7.98. The summed E-state index contributed by atoms with van der Waals surface area (Å²) in [5.74, 6) is 7.76. The lowest BCUT2D eigenvalue weighted by molar-refractivity contribution is 0.793. The summed E-state index contributed by atoms with van der Waals surface area (Å²) >= 11 is 13.7. The van der Waals surface area contributed by atoms with Crippen molar-refractivity contribution in [1.82, 2.24) is 19.7 Å². The lowest BCUT2D eigenvalue weighted by Crippen LogP contribution is -1.96. The number of pyridine rings is 1. The van der Waals surface area contributed by atoms with E-state index in [1.807, 2.05) is 60.1 Å². The zero-order chi connectivity index (χ0) is 20.9. The van der Waals surface area contributed by atoms with Crippen molar-refractivity contribution in [1.29, 1.82) is 0 Å². The SMILES string of the molecule is Cn1c(SCc2ccc(Cl)c(Cl)c2)nnc1-c1cncc(C#Cc2ccccc2)c1. The summed E-state index contributed by atoms with van der Waals surface area (Å²) in [5.41, 5.74) is 3.72. The van der Waals surface area contributed by atoms with Crippen LogP contribution in [0.2, 0.25) is 10.0 Å².